The summed E-state index contributed by atoms with van der Waals surface area (Å²) >= 11 is 0. The first-order valence-electron chi connectivity index (χ1n) is 9.56. The van der Waals surface area contributed by atoms with Crippen molar-refractivity contribution in [3.05, 3.63) is 82.3 Å². The van der Waals surface area contributed by atoms with Crippen LogP contribution in [0.4, 0.5) is 0 Å². The maximum Gasteiger partial charge on any atom is 0.347 e. The Kier molecular flexibility index (Phi) is 5.32. The van der Waals surface area contributed by atoms with E-state index in [-0.39, 0.29) is 12.5 Å². The number of carbonyl (C=O) groups is 1. The van der Waals surface area contributed by atoms with E-state index in [4.69, 9.17) is 0 Å². The molecule has 0 saturated carbocycles. The van der Waals surface area contributed by atoms with Crippen molar-refractivity contribution in [3.8, 4) is 0 Å². The van der Waals surface area contributed by atoms with Crippen LogP contribution in [0.25, 0.3) is 0 Å². The Morgan fingerprint density at radius 1 is 1.14 bits per heavy atom. The van der Waals surface area contributed by atoms with Crippen molar-refractivity contribution in [3.63, 3.8) is 0 Å². The number of H-pyrrole nitrogens is 1. The minimum Gasteiger partial charge on any atom is -0.341 e. The van der Waals surface area contributed by atoms with Crippen molar-refractivity contribution in [1.82, 2.24) is 24.6 Å². The highest BCUT2D eigenvalue weighted by molar-refractivity contribution is 5.76. The average Bonchev–Trinajstić information content (AvgIpc) is 3.19. The summed E-state index contributed by atoms with van der Waals surface area (Å²) in [6.07, 6.45) is 5.63. The fourth-order valence-corrected chi connectivity index (χ4v) is 3.67. The average molecular weight is 377 g/mol. The first-order valence-corrected chi connectivity index (χ1v) is 9.56. The molecule has 1 amide bonds. The molecule has 0 spiro atoms. The molecule has 0 unspecified atom stereocenters. The van der Waals surface area contributed by atoms with Gasteiger partial charge in [-0.1, -0.05) is 30.3 Å². The quantitative estimate of drug-likeness (QED) is 0.737. The van der Waals surface area contributed by atoms with Crippen LogP contribution < -0.4 is 5.69 Å². The minimum absolute atomic E-state index is 0.0413. The lowest BCUT2D eigenvalue weighted by molar-refractivity contribution is -0.133. The first kappa shape index (κ1) is 18.2. The van der Waals surface area contributed by atoms with Crippen molar-refractivity contribution < 1.29 is 4.79 Å². The Bertz CT molecular complexity index is 987. The SMILES string of the molecule is O=C(Cn1cccnc1=O)N1CCC(c2cc(Cc3ccccc3)[nH]n2)CC1. The van der Waals surface area contributed by atoms with Gasteiger partial charge in [-0.05, 0) is 30.5 Å². The Hall–Kier alpha value is -3.22. The molecule has 1 fully saturated rings. The molecule has 1 N–H and O–H groups in total. The van der Waals surface area contributed by atoms with E-state index >= 15 is 0 Å². The lowest BCUT2D eigenvalue weighted by Crippen LogP contribution is -2.41. The van der Waals surface area contributed by atoms with Gasteiger partial charge in [-0.25, -0.2) is 9.78 Å². The van der Waals surface area contributed by atoms with Gasteiger partial charge in [0, 0.05) is 43.5 Å². The molecule has 1 aromatic carbocycles. The maximum absolute atomic E-state index is 12.5. The smallest absolute Gasteiger partial charge is 0.341 e. The van der Waals surface area contributed by atoms with Crippen LogP contribution in [0.5, 0.6) is 0 Å². The Labute approximate surface area is 163 Å². The summed E-state index contributed by atoms with van der Waals surface area (Å²) < 4.78 is 1.35. The molecule has 7 nitrogen and oxygen atoms in total. The molecule has 1 saturated heterocycles. The molecule has 144 valence electrons. The predicted octanol–water partition coefficient (Wildman–Crippen LogP) is 1.96. The van der Waals surface area contributed by atoms with Gasteiger partial charge in [0.05, 0.1) is 5.69 Å². The van der Waals surface area contributed by atoms with Crippen LogP contribution in [0, 0.1) is 0 Å². The number of hydrogen-bond donors (Lipinski definition) is 1. The molecule has 3 aromatic rings. The second-order valence-electron chi connectivity index (χ2n) is 7.17. The van der Waals surface area contributed by atoms with Gasteiger partial charge in [-0.2, -0.15) is 5.10 Å². The lowest BCUT2D eigenvalue weighted by atomic mass is 9.93. The molecule has 28 heavy (non-hydrogen) atoms. The van der Waals surface area contributed by atoms with E-state index in [1.807, 2.05) is 23.1 Å². The Morgan fingerprint density at radius 2 is 1.93 bits per heavy atom. The third-order valence-electron chi connectivity index (χ3n) is 5.24. The van der Waals surface area contributed by atoms with Crippen LogP contribution in [0.3, 0.4) is 0 Å². The van der Waals surface area contributed by atoms with Crippen LogP contribution in [-0.4, -0.2) is 43.6 Å². The highest BCUT2D eigenvalue weighted by Gasteiger charge is 2.25. The largest absolute Gasteiger partial charge is 0.347 e. The Balaban J connectivity index is 1.32. The minimum atomic E-state index is -0.395. The van der Waals surface area contributed by atoms with E-state index < -0.39 is 5.69 Å². The number of amides is 1. The van der Waals surface area contributed by atoms with Gasteiger partial charge in [-0.3, -0.25) is 14.5 Å². The van der Waals surface area contributed by atoms with E-state index in [1.54, 1.807) is 12.3 Å². The molecule has 2 aromatic heterocycles. The van der Waals surface area contributed by atoms with E-state index in [0.717, 1.165) is 30.7 Å². The normalized spacial score (nSPS) is 14.9. The van der Waals surface area contributed by atoms with Gasteiger partial charge in [0.2, 0.25) is 5.91 Å². The van der Waals surface area contributed by atoms with Crippen molar-refractivity contribution in [2.45, 2.75) is 31.7 Å². The van der Waals surface area contributed by atoms with Crippen LogP contribution in [0.15, 0.2) is 59.7 Å². The molecule has 7 heteroatoms. The topological polar surface area (TPSA) is 83.9 Å². The molecule has 0 bridgehead atoms. The van der Waals surface area contributed by atoms with Crippen LogP contribution in [-0.2, 0) is 17.8 Å². The summed E-state index contributed by atoms with van der Waals surface area (Å²) in [6, 6.07) is 14.1. The Morgan fingerprint density at radius 3 is 2.68 bits per heavy atom. The van der Waals surface area contributed by atoms with E-state index in [2.05, 4.69) is 33.4 Å². The number of rotatable bonds is 5. The third-order valence-corrected chi connectivity index (χ3v) is 5.24. The summed E-state index contributed by atoms with van der Waals surface area (Å²) in [5.74, 6) is 0.311. The van der Waals surface area contributed by atoms with Crippen molar-refractivity contribution in [2.75, 3.05) is 13.1 Å². The monoisotopic (exact) mass is 377 g/mol. The molecule has 0 radical (unpaired) electrons. The summed E-state index contributed by atoms with van der Waals surface area (Å²) in [5, 5.41) is 7.65. The summed E-state index contributed by atoms with van der Waals surface area (Å²) in [6.45, 7) is 1.40. The molecule has 0 atom stereocenters. The number of piperidine rings is 1. The van der Waals surface area contributed by atoms with Crippen molar-refractivity contribution in [2.24, 2.45) is 0 Å². The van der Waals surface area contributed by atoms with Crippen molar-refractivity contribution in [1.29, 1.82) is 0 Å². The standard InChI is InChI=1S/C21H23N5O2/c27-20(15-26-10-4-9-22-21(26)28)25-11-7-17(8-12-25)19-14-18(23-24-19)13-16-5-2-1-3-6-16/h1-6,9-10,14,17H,7-8,11-13,15H2,(H,23,24). The van der Waals surface area contributed by atoms with Crippen molar-refractivity contribution >= 4 is 5.91 Å². The number of aromatic nitrogens is 4. The van der Waals surface area contributed by atoms with Gasteiger partial charge < -0.3 is 4.90 Å². The second kappa shape index (κ2) is 8.21. The number of benzene rings is 1. The molecule has 4 rings (SSSR count). The number of likely N-dealkylation sites (tertiary alicyclic amines) is 1. The maximum atomic E-state index is 12.5. The van der Waals surface area contributed by atoms with Gasteiger partial charge in [-0.15, -0.1) is 0 Å². The van der Waals surface area contributed by atoms with Gasteiger partial charge in [0.25, 0.3) is 0 Å². The number of hydrogen-bond acceptors (Lipinski definition) is 4. The number of nitrogens with one attached hydrogen (secondary N) is 1. The lowest BCUT2D eigenvalue weighted by Gasteiger charge is -2.31. The fourth-order valence-electron chi connectivity index (χ4n) is 3.67. The van der Waals surface area contributed by atoms with Gasteiger partial charge in [0.15, 0.2) is 0 Å². The zero-order valence-corrected chi connectivity index (χ0v) is 15.6. The fraction of sp³-hybridized carbons (Fsp3) is 0.333. The molecule has 3 heterocycles. The van der Waals surface area contributed by atoms with Crippen LogP contribution >= 0.6 is 0 Å². The molecule has 1 aliphatic heterocycles. The van der Waals surface area contributed by atoms with E-state index in [1.165, 1.54) is 16.3 Å². The highest BCUT2D eigenvalue weighted by atomic mass is 16.2. The van der Waals surface area contributed by atoms with Crippen LogP contribution in [0.1, 0.15) is 35.7 Å². The molecule has 0 aliphatic carbocycles. The van der Waals surface area contributed by atoms with E-state index in [9.17, 15) is 9.59 Å². The van der Waals surface area contributed by atoms with Crippen LogP contribution in [0.2, 0.25) is 0 Å². The highest BCUT2D eigenvalue weighted by Crippen LogP contribution is 2.27. The summed E-state index contributed by atoms with van der Waals surface area (Å²) in [7, 11) is 0. The summed E-state index contributed by atoms with van der Waals surface area (Å²) in [4.78, 5) is 29.7. The number of nitrogens with zero attached hydrogens (tertiary/aromatic N) is 4. The molecular weight excluding hydrogens is 354 g/mol. The van der Waals surface area contributed by atoms with Gasteiger partial charge in [0.1, 0.15) is 6.54 Å². The predicted molar refractivity (Wildman–Crippen MR) is 105 cm³/mol. The van der Waals surface area contributed by atoms with E-state index in [0.29, 0.717) is 19.0 Å². The zero-order valence-electron chi connectivity index (χ0n) is 15.6. The third kappa shape index (κ3) is 4.19. The number of carbonyl (C=O) groups excluding carboxylic acids is 1. The molecule has 1 aliphatic rings. The zero-order chi connectivity index (χ0) is 19.3. The second-order valence-corrected chi connectivity index (χ2v) is 7.17. The number of aromatic amines is 1. The summed E-state index contributed by atoms with van der Waals surface area (Å²) in [5.41, 5.74) is 3.04. The first-order chi connectivity index (χ1) is 13.7. The van der Waals surface area contributed by atoms with Gasteiger partial charge >= 0.3 is 5.69 Å². The molecular formula is C21H23N5O2.